The van der Waals surface area contributed by atoms with Gasteiger partial charge in [-0.05, 0) is 12.3 Å². The molecule has 0 saturated heterocycles. The Morgan fingerprint density at radius 3 is 1.55 bits per heavy atom. The van der Waals surface area contributed by atoms with E-state index in [4.69, 9.17) is 5.73 Å². The lowest BCUT2D eigenvalue weighted by atomic mass is 9.93. The third-order valence-corrected chi connectivity index (χ3v) is 4.65. The molecule has 2 nitrogen and oxygen atoms in total. The number of unbranched alkanes of at least 4 members (excludes halogenated alkanes) is 11. The van der Waals surface area contributed by atoms with Crippen LogP contribution in [-0.4, -0.2) is 5.91 Å². The van der Waals surface area contributed by atoms with Crippen LogP contribution in [0.5, 0.6) is 0 Å². The van der Waals surface area contributed by atoms with E-state index in [-0.39, 0.29) is 5.91 Å². The van der Waals surface area contributed by atoms with Crippen molar-refractivity contribution in [1.82, 2.24) is 0 Å². The maximum absolute atomic E-state index is 11.0. The molecule has 22 heavy (non-hydrogen) atoms. The number of rotatable bonds is 17. The zero-order valence-corrected chi connectivity index (χ0v) is 15.4. The summed E-state index contributed by atoms with van der Waals surface area (Å²) in [5, 5.41) is 0. The zero-order valence-electron chi connectivity index (χ0n) is 15.4. The summed E-state index contributed by atoms with van der Waals surface area (Å²) < 4.78 is 0. The van der Waals surface area contributed by atoms with E-state index in [0.717, 1.165) is 12.8 Å². The van der Waals surface area contributed by atoms with Crippen LogP contribution >= 0.6 is 0 Å². The average Bonchev–Trinajstić information content (AvgIpc) is 2.48. The quantitative estimate of drug-likeness (QED) is 0.312. The van der Waals surface area contributed by atoms with Gasteiger partial charge in [0.15, 0.2) is 0 Å². The number of carbonyl (C=O) groups excluding carboxylic acids is 1. The number of primary amides is 1. The Morgan fingerprint density at radius 1 is 0.682 bits per heavy atom. The smallest absolute Gasteiger partial charge is 0.217 e. The largest absolute Gasteiger partial charge is 0.370 e. The van der Waals surface area contributed by atoms with Crippen molar-refractivity contribution in [3.8, 4) is 0 Å². The second-order valence-electron chi connectivity index (χ2n) is 7.00. The van der Waals surface area contributed by atoms with Crippen LogP contribution in [0.3, 0.4) is 0 Å². The second-order valence-corrected chi connectivity index (χ2v) is 7.00. The highest BCUT2D eigenvalue weighted by Gasteiger charge is 2.10. The Labute approximate surface area is 139 Å². The Bertz CT molecular complexity index is 240. The molecule has 0 aromatic carbocycles. The average molecular weight is 312 g/mol. The van der Waals surface area contributed by atoms with Gasteiger partial charge < -0.3 is 5.73 Å². The van der Waals surface area contributed by atoms with Gasteiger partial charge in [0.25, 0.3) is 0 Å². The van der Waals surface area contributed by atoms with Crippen LogP contribution in [0.15, 0.2) is 0 Å². The first-order chi connectivity index (χ1) is 10.7. The van der Waals surface area contributed by atoms with E-state index in [9.17, 15) is 4.79 Å². The van der Waals surface area contributed by atoms with E-state index >= 15 is 0 Å². The van der Waals surface area contributed by atoms with Gasteiger partial charge >= 0.3 is 0 Å². The molecule has 0 aromatic heterocycles. The van der Waals surface area contributed by atoms with Crippen molar-refractivity contribution < 1.29 is 4.79 Å². The molecule has 0 aromatic rings. The number of hydrogen-bond acceptors (Lipinski definition) is 1. The molecule has 2 heteroatoms. The maximum atomic E-state index is 11.0. The molecule has 2 N–H and O–H groups in total. The molecule has 0 saturated carbocycles. The monoisotopic (exact) mass is 311 g/mol. The van der Waals surface area contributed by atoms with Crippen LogP contribution < -0.4 is 5.73 Å². The van der Waals surface area contributed by atoms with Gasteiger partial charge in [-0.3, -0.25) is 4.79 Å². The highest BCUT2D eigenvalue weighted by atomic mass is 16.1. The number of amides is 1. The van der Waals surface area contributed by atoms with Gasteiger partial charge in [-0.1, -0.05) is 104 Å². The predicted octanol–water partition coefficient (Wildman–Crippen LogP) is 6.37. The van der Waals surface area contributed by atoms with Gasteiger partial charge in [-0.25, -0.2) is 0 Å². The highest BCUT2D eigenvalue weighted by Crippen LogP contribution is 2.20. The summed E-state index contributed by atoms with van der Waals surface area (Å²) in [5.41, 5.74) is 5.32. The molecule has 0 radical (unpaired) electrons. The lowest BCUT2D eigenvalue weighted by Crippen LogP contribution is -2.16. The van der Waals surface area contributed by atoms with Crippen LogP contribution in [-0.2, 0) is 4.79 Å². The van der Waals surface area contributed by atoms with Crippen LogP contribution in [0, 0.1) is 5.92 Å². The van der Waals surface area contributed by atoms with E-state index < -0.39 is 0 Å². The predicted molar refractivity (Wildman–Crippen MR) is 97.9 cm³/mol. The summed E-state index contributed by atoms with van der Waals surface area (Å²) >= 11 is 0. The van der Waals surface area contributed by atoms with Crippen molar-refractivity contribution in [2.45, 2.75) is 117 Å². The second kappa shape index (κ2) is 16.8. The van der Waals surface area contributed by atoms with Crippen LogP contribution in [0.1, 0.15) is 117 Å². The van der Waals surface area contributed by atoms with E-state index in [1.54, 1.807) is 0 Å². The molecule has 1 atom stereocenters. The fourth-order valence-electron chi connectivity index (χ4n) is 3.32. The molecular formula is C20H41NO. The van der Waals surface area contributed by atoms with Gasteiger partial charge in [0.1, 0.15) is 0 Å². The van der Waals surface area contributed by atoms with E-state index in [0.29, 0.717) is 12.3 Å². The molecule has 0 aliphatic rings. The van der Waals surface area contributed by atoms with E-state index in [1.165, 1.54) is 83.5 Å². The first kappa shape index (κ1) is 21.5. The highest BCUT2D eigenvalue weighted by molar-refractivity contribution is 5.73. The number of carbonyl (C=O) groups is 1. The van der Waals surface area contributed by atoms with Gasteiger partial charge in [0.2, 0.25) is 5.91 Å². The normalized spacial score (nSPS) is 12.5. The molecule has 1 amide bonds. The van der Waals surface area contributed by atoms with Crippen molar-refractivity contribution >= 4 is 5.91 Å². The summed E-state index contributed by atoms with van der Waals surface area (Å²) in [6.07, 6.45) is 20.8. The minimum atomic E-state index is -0.127. The molecule has 0 aliphatic heterocycles. The molecule has 0 aliphatic carbocycles. The Hall–Kier alpha value is -0.530. The molecule has 0 rings (SSSR count). The van der Waals surface area contributed by atoms with Gasteiger partial charge in [-0.2, -0.15) is 0 Å². The summed E-state index contributed by atoms with van der Waals surface area (Å²) in [7, 11) is 0. The first-order valence-corrected chi connectivity index (χ1v) is 9.99. The van der Waals surface area contributed by atoms with Gasteiger partial charge in [0, 0.05) is 6.42 Å². The summed E-state index contributed by atoms with van der Waals surface area (Å²) in [6.45, 7) is 4.47. The maximum Gasteiger partial charge on any atom is 0.217 e. The van der Waals surface area contributed by atoms with Crippen LogP contribution in [0.25, 0.3) is 0 Å². The van der Waals surface area contributed by atoms with Gasteiger partial charge in [-0.15, -0.1) is 0 Å². The fourth-order valence-corrected chi connectivity index (χ4v) is 3.32. The SMILES string of the molecule is CCCCCCCCCCCCCCC(CCC)CC(N)=O. The summed E-state index contributed by atoms with van der Waals surface area (Å²) in [6, 6.07) is 0. The van der Waals surface area contributed by atoms with Crippen molar-refractivity contribution in [3.05, 3.63) is 0 Å². The molecule has 1 unspecified atom stereocenters. The van der Waals surface area contributed by atoms with Crippen molar-refractivity contribution in [2.75, 3.05) is 0 Å². The molecule has 132 valence electrons. The lowest BCUT2D eigenvalue weighted by Gasteiger charge is -2.13. The summed E-state index contributed by atoms with van der Waals surface area (Å²) in [4.78, 5) is 11.0. The standard InChI is InChI=1S/C20H41NO/c1-3-5-6-7-8-9-10-11-12-13-14-15-17-19(16-4-2)18-20(21)22/h19H,3-18H2,1-2H3,(H2,21,22). The number of nitrogens with two attached hydrogens (primary N) is 1. The zero-order chi connectivity index (χ0) is 16.5. The van der Waals surface area contributed by atoms with E-state index in [2.05, 4.69) is 13.8 Å². The van der Waals surface area contributed by atoms with Crippen molar-refractivity contribution in [3.63, 3.8) is 0 Å². The Kier molecular flexibility index (Phi) is 16.4. The third-order valence-electron chi connectivity index (χ3n) is 4.65. The van der Waals surface area contributed by atoms with Crippen LogP contribution in [0.4, 0.5) is 0 Å². The first-order valence-electron chi connectivity index (χ1n) is 9.99. The lowest BCUT2D eigenvalue weighted by molar-refractivity contribution is -0.119. The molecule has 0 spiro atoms. The molecule has 0 heterocycles. The van der Waals surface area contributed by atoms with Gasteiger partial charge in [0.05, 0.1) is 0 Å². The molecule has 0 bridgehead atoms. The minimum absolute atomic E-state index is 0.127. The summed E-state index contributed by atoms with van der Waals surface area (Å²) in [5.74, 6) is 0.406. The minimum Gasteiger partial charge on any atom is -0.370 e. The Balaban J connectivity index is 3.29. The van der Waals surface area contributed by atoms with E-state index in [1.807, 2.05) is 0 Å². The Morgan fingerprint density at radius 2 is 1.14 bits per heavy atom. The number of hydrogen-bond donors (Lipinski definition) is 1. The van der Waals surface area contributed by atoms with Crippen molar-refractivity contribution in [1.29, 1.82) is 0 Å². The topological polar surface area (TPSA) is 43.1 Å². The third kappa shape index (κ3) is 15.9. The molecule has 0 fully saturated rings. The fraction of sp³-hybridized carbons (Fsp3) is 0.950. The van der Waals surface area contributed by atoms with Crippen molar-refractivity contribution in [2.24, 2.45) is 11.7 Å². The molecular weight excluding hydrogens is 270 g/mol. The van der Waals surface area contributed by atoms with Crippen LogP contribution in [0.2, 0.25) is 0 Å².